The summed E-state index contributed by atoms with van der Waals surface area (Å²) in [6, 6.07) is 1.91. The van der Waals surface area contributed by atoms with E-state index in [9.17, 15) is 19.5 Å². The predicted octanol–water partition coefficient (Wildman–Crippen LogP) is 1.25. The van der Waals surface area contributed by atoms with Crippen molar-refractivity contribution in [2.75, 3.05) is 6.54 Å². The van der Waals surface area contributed by atoms with Crippen molar-refractivity contribution in [1.29, 1.82) is 0 Å². The van der Waals surface area contributed by atoms with Crippen LogP contribution in [0.4, 0.5) is 0 Å². The Morgan fingerprint density at radius 1 is 1.24 bits per heavy atom. The Bertz CT molecular complexity index is 503. The maximum absolute atomic E-state index is 12.4. The number of carbonyl (C=O) groups excluding carboxylic acids is 1. The number of pyridine rings is 1. The molecule has 0 spiro atoms. The van der Waals surface area contributed by atoms with E-state index >= 15 is 0 Å². The van der Waals surface area contributed by atoms with Crippen molar-refractivity contribution in [1.82, 2.24) is 9.88 Å². The molecule has 1 heterocycles. The molecule has 0 bridgehead atoms. The van der Waals surface area contributed by atoms with Crippen LogP contribution < -0.4 is 0 Å². The van der Waals surface area contributed by atoms with Gasteiger partial charge in [-0.05, 0) is 18.6 Å². The second kappa shape index (κ2) is 7.98. The van der Waals surface area contributed by atoms with Crippen LogP contribution in [0.15, 0.2) is 24.5 Å². The fraction of sp³-hybridized carbons (Fsp3) is 0.429. The molecule has 0 aromatic carbocycles. The zero-order chi connectivity index (χ0) is 15.8. The maximum Gasteiger partial charge on any atom is 0.326 e. The van der Waals surface area contributed by atoms with Gasteiger partial charge in [0, 0.05) is 24.5 Å². The lowest BCUT2D eigenvalue weighted by molar-refractivity contribution is -0.144. The monoisotopic (exact) mass is 294 g/mol. The second-order valence-electron chi connectivity index (χ2n) is 4.52. The van der Waals surface area contributed by atoms with Crippen LogP contribution in [0.3, 0.4) is 0 Å². The highest BCUT2D eigenvalue weighted by Crippen LogP contribution is 2.13. The van der Waals surface area contributed by atoms with Gasteiger partial charge in [0.1, 0.15) is 6.04 Å². The smallest absolute Gasteiger partial charge is 0.326 e. The molecular formula is C14H18N2O5. The standard InChI is InChI=1S/C14H18N2O5/c1-2-3-11(14(20)21)16(9-6-12(17)18)13(19)10-4-7-15-8-5-10/h4-5,7-8,11H,2-3,6,9H2,1H3,(H,17,18)(H,20,21). The van der Waals surface area contributed by atoms with Gasteiger partial charge in [0.05, 0.1) is 6.42 Å². The molecule has 0 aliphatic carbocycles. The molecule has 7 heteroatoms. The SMILES string of the molecule is CCCC(C(=O)O)N(CCC(=O)O)C(=O)c1ccncc1. The van der Waals surface area contributed by atoms with Gasteiger partial charge in [-0.3, -0.25) is 14.6 Å². The molecule has 21 heavy (non-hydrogen) atoms. The van der Waals surface area contributed by atoms with Crippen molar-refractivity contribution in [2.24, 2.45) is 0 Å². The van der Waals surface area contributed by atoms with Crippen LogP contribution in [0, 0.1) is 0 Å². The van der Waals surface area contributed by atoms with Crippen molar-refractivity contribution >= 4 is 17.8 Å². The van der Waals surface area contributed by atoms with E-state index in [2.05, 4.69) is 4.98 Å². The summed E-state index contributed by atoms with van der Waals surface area (Å²) in [4.78, 5) is 39.4. The Morgan fingerprint density at radius 2 is 1.86 bits per heavy atom. The van der Waals surface area contributed by atoms with Crippen molar-refractivity contribution in [3.05, 3.63) is 30.1 Å². The van der Waals surface area contributed by atoms with Gasteiger partial charge < -0.3 is 15.1 Å². The maximum atomic E-state index is 12.4. The summed E-state index contributed by atoms with van der Waals surface area (Å²) < 4.78 is 0. The van der Waals surface area contributed by atoms with Crippen LogP contribution in [-0.4, -0.2) is 50.5 Å². The Morgan fingerprint density at radius 3 is 2.33 bits per heavy atom. The molecule has 0 radical (unpaired) electrons. The molecule has 114 valence electrons. The number of hydrogen-bond acceptors (Lipinski definition) is 4. The van der Waals surface area contributed by atoms with Gasteiger partial charge >= 0.3 is 11.9 Å². The third-order valence-electron chi connectivity index (χ3n) is 2.98. The molecule has 1 unspecified atom stereocenters. The van der Waals surface area contributed by atoms with Gasteiger partial charge in [-0.2, -0.15) is 0 Å². The molecule has 0 aliphatic rings. The Balaban J connectivity index is 3.02. The molecule has 0 saturated carbocycles. The summed E-state index contributed by atoms with van der Waals surface area (Å²) in [5.41, 5.74) is 0.290. The van der Waals surface area contributed by atoms with E-state index in [0.717, 1.165) is 4.90 Å². The number of nitrogens with zero attached hydrogens (tertiary/aromatic N) is 2. The van der Waals surface area contributed by atoms with Crippen molar-refractivity contribution in [3.8, 4) is 0 Å². The third-order valence-corrected chi connectivity index (χ3v) is 2.98. The van der Waals surface area contributed by atoms with E-state index < -0.39 is 23.9 Å². The first-order chi connectivity index (χ1) is 9.97. The lowest BCUT2D eigenvalue weighted by Gasteiger charge is -2.28. The van der Waals surface area contributed by atoms with E-state index in [1.807, 2.05) is 6.92 Å². The minimum atomic E-state index is -1.13. The van der Waals surface area contributed by atoms with Crippen LogP contribution in [-0.2, 0) is 9.59 Å². The van der Waals surface area contributed by atoms with E-state index in [0.29, 0.717) is 6.42 Å². The van der Waals surface area contributed by atoms with E-state index in [-0.39, 0.29) is 24.9 Å². The molecule has 0 fully saturated rings. The molecule has 1 aromatic rings. The van der Waals surface area contributed by atoms with Crippen LogP contribution in [0.1, 0.15) is 36.5 Å². The van der Waals surface area contributed by atoms with Gasteiger partial charge in [0.15, 0.2) is 0 Å². The van der Waals surface area contributed by atoms with Crippen LogP contribution >= 0.6 is 0 Å². The molecule has 1 atom stereocenters. The number of rotatable bonds is 8. The first-order valence-corrected chi connectivity index (χ1v) is 6.63. The number of carboxylic acid groups (broad SMARTS) is 2. The number of aromatic nitrogens is 1. The van der Waals surface area contributed by atoms with Crippen molar-refractivity contribution in [2.45, 2.75) is 32.2 Å². The normalized spacial score (nSPS) is 11.7. The summed E-state index contributed by atoms with van der Waals surface area (Å²) in [6.45, 7) is 1.66. The molecule has 2 N–H and O–H groups in total. The topological polar surface area (TPSA) is 108 Å². The van der Waals surface area contributed by atoms with Crippen LogP contribution in [0.2, 0.25) is 0 Å². The highest BCUT2D eigenvalue weighted by molar-refractivity contribution is 5.96. The average molecular weight is 294 g/mol. The summed E-state index contributed by atoms with van der Waals surface area (Å²) in [5, 5.41) is 18.1. The van der Waals surface area contributed by atoms with Gasteiger partial charge in [-0.15, -0.1) is 0 Å². The van der Waals surface area contributed by atoms with Crippen LogP contribution in [0.5, 0.6) is 0 Å². The Labute approximate surface area is 122 Å². The predicted molar refractivity (Wildman–Crippen MR) is 73.9 cm³/mol. The fourth-order valence-electron chi connectivity index (χ4n) is 1.96. The van der Waals surface area contributed by atoms with Crippen molar-refractivity contribution in [3.63, 3.8) is 0 Å². The molecule has 1 rings (SSSR count). The number of carboxylic acids is 2. The summed E-state index contributed by atoms with van der Waals surface area (Å²) in [7, 11) is 0. The molecule has 1 aromatic heterocycles. The number of aliphatic carboxylic acids is 2. The lowest BCUT2D eigenvalue weighted by atomic mass is 10.1. The second-order valence-corrected chi connectivity index (χ2v) is 4.52. The quantitative estimate of drug-likeness (QED) is 0.747. The van der Waals surface area contributed by atoms with Gasteiger partial charge in [0.25, 0.3) is 5.91 Å². The number of amides is 1. The van der Waals surface area contributed by atoms with Crippen LogP contribution in [0.25, 0.3) is 0 Å². The summed E-state index contributed by atoms with van der Waals surface area (Å²) in [6.07, 6.45) is 3.40. The van der Waals surface area contributed by atoms with Crippen molar-refractivity contribution < 1.29 is 24.6 Å². The van der Waals surface area contributed by atoms with Gasteiger partial charge in [-0.25, -0.2) is 4.79 Å². The highest BCUT2D eigenvalue weighted by Gasteiger charge is 2.29. The largest absolute Gasteiger partial charge is 0.481 e. The molecule has 0 saturated heterocycles. The first-order valence-electron chi connectivity index (χ1n) is 6.63. The Hall–Kier alpha value is -2.44. The number of carbonyl (C=O) groups is 3. The minimum absolute atomic E-state index is 0.145. The highest BCUT2D eigenvalue weighted by atomic mass is 16.4. The molecule has 7 nitrogen and oxygen atoms in total. The average Bonchev–Trinajstić information content (AvgIpc) is 2.46. The molecule has 1 amide bonds. The number of hydrogen-bond donors (Lipinski definition) is 2. The van der Waals surface area contributed by atoms with E-state index in [1.165, 1.54) is 24.5 Å². The fourth-order valence-corrected chi connectivity index (χ4v) is 1.96. The molecule has 0 aliphatic heterocycles. The van der Waals surface area contributed by atoms with E-state index in [4.69, 9.17) is 5.11 Å². The summed E-state index contributed by atoms with van der Waals surface area (Å²) >= 11 is 0. The van der Waals surface area contributed by atoms with Gasteiger partial charge in [0.2, 0.25) is 0 Å². The first kappa shape index (κ1) is 16.6. The zero-order valence-corrected chi connectivity index (χ0v) is 11.7. The molecular weight excluding hydrogens is 276 g/mol. The minimum Gasteiger partial charge on any atom is -0.481 e. The zero-order valence-electron chi connectivity index (χ0n) is 11.7. The van der Waals surface area contributed by atoms with E-state index in [1.54, 1.807) is 0 Å². The summed E-state index contributed by atoms with van der Waals surface area (Å²) in [5.74, 6) is -2.72. The lowest BCUT2D eigenvalue weighted by Crippen LogP contribution is -2.46. The van der Waals surface area contributed by atoms with Gasteiger partial charge in [-0.1, -0.05) is 13.3 Å². The third kappa shape index (κ3) is 4.87. The Kier molecular flexibility index (Phi) is 6.32.